The molecule has 2 aliphatic heterocycles. The van der Waals surface area contributed by atoms with Gasteiger partial charge in [0.05, 0.1) is 29.3 Å². The van der Waals surface area contributed by atoms with Gasteiger partial charge in [0.2, 0.25) is 27.7 Å². The molecule has 17 heteroatoms. The summed E-state index contributed by atoms with van der Waals surface area (Å²) in [5.41, 5.74) is 0.921. The lowest BCUT2D eigenvalue weighted by Crippen LogP contribution is -2.59. The molecule has 5 rings (SSSR count). The number of likely N-dealkylation sites (tertiary alicyclic amines) is 1. The topological polar surface area (TPSA) is 178 Å². The van der Waals surface area contributed by atoms with Gasteiger partial charge in [-0.1, -0.05) is 20.8 Å². The largest absolute Gasteiger partial charge is 0.494 e. The smallest absolute Gasteiger partial charge is 0.247 e. The number of rotatable bonds is 11. The van der Waals surface area contributed by atoms with Gasteiger partial charge in [-0.25, -0.2) is 18.4 Å². The van der Waals surface area contributed by atoms with Crippen LogP contribution in [-0.4, -0.2) is 122 Å². The van der Waals surface area contributed by atoms with Crippen LogP contribution < -0.4 is 26.0 Å². The number of anilines is 3. The Kier molecular flexibility index (Phi) is 13.1. The molecule has 3 unspecified atom stereocenters. The molecule has 15 nitrogen and oxygen atoms in total. The van der Waals surface area contributed by atoms with Crippen molar-refractivity contribution in [3.8, 4) is 5.75 Å². The number of aromatic nitrogens is 2. The van der Waals surface area contributed by atoms with E-state index in [1.807, 2.05) is 27.8 Å². The molecule has 2 saturated heterocycles. The monoisotopic (exact) mass is 759 g/mol. The fraction of sp³-hybridized carbons (Fsp3) is 0.514. The minimum Gasteiger partial charge on any atom is -0.494 e. The highest BCUT2D eigenvalue weighted by molar-refractivity contribution is 7.89. The molecular formula is C35H50ClN9O6S. The van der Waals surface area contributed by atoms with Crippen LogP contribution in [0, 0.1) is 5.41 Å². The van der Waals surface area contributed by atoms with Crippen LogP contribution in [-0.2, 0) is 24.4 Å². The Morgan fingerprint density at radius 3 is 2.29 bits per heavy atom. The average molecular weight is 760 g/mol. The number of hydrogen-bond acceptors (Lipinski definition) is 11. The summed E-state index contributed by atoms with van der Waals surface area (Å²) in [5.74, 6) is -0.194. The van der Waals surface area contributed by atoms with E-state index in [1.165, 1.54) is 17.7 Å². The molecule has 284 valence electrons. The number of sulfonamides is 1. The maximum atomic E-state index is 13.9. The van der Waals surface area contributed by atoms with Crippen molar-refractivity contribution >= 4 is 68.2 Å². The Balaban J connectivity index is 0.00000605. The minimum absolute atomic E-state index is 0. The number of carbonyl (C=O) groups excluding carboxylic acids is 3. The summed E-state index contributed by atoms with van der Waals surface area (Å²) >= 11 is 0. The highest BCUT2D eigenvalue weighted by atomic mass is 35.5. The van der Waals surface area contributed by atoms with Crippen LogP contribution >= 0.6 is 12.4 Å². The molecule has 4 N–H and O–H groups in total. The van der Waals surface area contributed by atoms with Crippen molar-refractivity contribution < 1.29 is 27.5 Å². The number of nitrogens with zero attached hydrogens (tertiary/aromatic N) is 5. The van der Waals surface area contributed by atoms with E-state index in [9.17, 15) is 22.8 Å². The number of halogens is 1. The standard InChI is InChI=1S/C35H49N9O6S.ClH/c1-22(36-5)32(45)41-30(35(2,3)4)34(47)44-14-8-9-28(44)33(46)40-27-19-25-26(20-29(27)50-7)37-21-38-31(25)39-23-10-12-24(13-11-23)51(48,49)43-17-15-42(6)16-18-43;/h10-13,19-22,28,30,36H,8-9,14-18H2,1-7H3,(H,40,46)(H,41,45)(H,37,38,39);1H. The molecule has 52 heavy (non-hydrogen) atoms. The van der Waals surface area contributed by atoms with Crippen LogP contribution in [0.2, 0.25) is 0 Å². The summed E-state index contributed by atoms with van der Waals surface area (Å²) in [6.07, 6.45) is 2.49. The summed E-state index contributed by atoms with van der Waals surface area (Å²) in [6.45, 7) is 9.97. The first-order valence-electron chi connectivity index (χ1n) is 17.1. The molecule has 0 spiro atoms. The van der Waals surface area contributed by atoms with Crippen molar-refractivity contribution in [1.82, 2.24) is 34.7 Å². The van der Waals surface area contributed by atoms with Crippen LogP contribution in [0.4, 0.5) is 17.2 Å². The maximum absolute atomic E-state index is 13.9. The number of likely N-dealkylation sites (N-methyl/N-ethyl adjacent to an activating group) is 2. The molecule has 2 fully saturated rings. The van der Waals surface area contributed by atoms with Gasteiger partial charge in [0, 0.05) is 49.9 Å². The fourth-order valence-electron chi connectivity index (χ4n) is 6.21. The molecule has 0 bridgehead atoms. The summed E-state index contributed by atoms with van der Waals surface area (Å²) in [7, 11) is 1.52. The van der Waals surface area contributed by atoms with Crippen LogP contribution in [0.3, 0.4) is 0 Å². The molecule has 3 heterocycles. The van der Waals surface area contributed by atoms with Gasteiger partial charge in [-0.15, -0.1) is 12.4 Å². The van der Waals surface area contributed by atoms with Crippen LogP contribution in [0.5, 0.6) is 5.75 Å². The predicted octanol–water partition coefficient (Wildman–Crippen LogP) is 2.81. The quantitative estimate of drug-likeness (QED) is 0.226. The van der Waals surface area contributed by atoms with Gasteiger partial charge in [-0.3, -0.25) is 14.4 Å². The van der Waals surface area contributed by atoms with E-state index in [0.717, 1.165) is 0 Å². The predicted molar refractivity (Wildman–Crippen MR) is 203 cm³/mol. The highest BCUT2D eigenvalue weighted by Gasteiger charge is 2.42. The van der Waals surface area contributed by atoms with E-state index in [4.69, 9.17) is 4.74 Å². The number of amides is 3. The Morgan fingerprint density at radius 2 is 1.67 bits per heavy atom. The molecule has 2 aromatic carbocycles. The van der Waals surface area contributed by atoms with E-state index < -0.39 is 33.6 Å². The molecule has 3 amide bonds. The van der Waals surface area contributed by atoms with Crippen LogP contribution in [0.25, 0.3) is 10.9 Å². The van der Waals surface area contributed by atoms with Crippen molar-refractivity contribution in [2.45, 2.75) is 63.6 Å². The Bertz CT molecular complexity index is 1860. The van der Waals surface area contributed by atoms with Gasteiger partial charge in [-0.05, 0) is 69.6 Å². The second-order valence-corrected chi connectivity index (χ2v) is 16.1. The third kappa shape index (κ3) is 8.92. The van der Waals surface area contributed by atoms with Crippen LogP contribution in [0.15, 0.2) is 47.6 Å². The SMILES string of the molecule is CNC(C)C(=O)NC(C(=O)N1CCCC1C(=O)Nc1cc2c(Nc3ccc(S(=O)(=O)N4CCN(C)CC4)cc3)ncnc2cc1OC)C(C)(C)C.Cl. The summed E-state index contributed by atoms with van der Waals surface area (Å²) < 4.78 is 33.5. The number of methoxy groups -OCH3 is 1. The van der Waals surface area contributed by atoms with Gasteiger partial charge in [0.25, 0.3) is 0 Å². The first-order valence-corrected chi connectivity index (χ1v) is 18.6. The Hall–Kier alpha value is -4.09. The van der Waals surface area contributed by atoms with Gasteiger partial charge in [0.15, 0.2) is 0 Å². The van der Waals surface area contributed by atoms with Crippen molar-refractivity contribution in [3.63, 3.8) is 0 Å². The average Bonchev–Trinajstić information content (AvgIpc) is 3.60. The second kappa shape index (κ2) is 16.7. The zero-order valence-corrected chi connectivity index (χ0v) is 32.4. The minimum atomic E-state index is -3.62. The number of ether oxygens (including phenoxy) is 1. The van der Waals surface area contributed by atoms with Gasteiger partial charge < -0.3 is 35.8 Å². The molecule has 3 atom stereocenters. The Morgan fingerprint density at radius 1 is 1.00 bits per heavy atom. The lowest BCUT2D eigenvalue weighted by Gasteiger charge is -2.36. The number of fused-ring (bicyclic) bond motifs is 1. The number of benzene rings is 2. The highest BCUT2D eigenvalue weighted by Crippen LogP contribution is 2.34. The third-order valence-corrected chi connectivity index (χ3v) is 11.4. The molecule has 3 aromatic rings. The normalized spacial score (nSPS) is 18.3. The van der Waals surface area contributed by atoms with E-state index in [2.05, 4.69) is 36.1 Å². The number of carbonyl (C=O) groups is 3. The summed E-state index contributed by atoms with van der Waals surface area (Å²) in [6, 6.07) is 7.81. The summed E-state index contributed by atoms with van der Waals surface area (Å²) in [4.78, 5) is 53.2. The molecule has 2 aliphatic rings. The fourth-order valence-corrected chi connectivity index (χ4v) is 7.63. The van der Waals surface area contributed by atoms with Crippen molar-refractivity contribution in [1.29, 1.82) is 0 Å². The van der Waals surface area contributed by atoms with Crippen LogP contribution in [0.1, 0.15) is 40.5 Å². The molecule has 0 saturated carbocycles. The lowest BCUT2D eigenvalue weighted by molar-refractivity contribution is -0.143. The number of hydrogen-bond donors (Lipinski definition) is 4. The number of nitrogens with one attached hydrogen (secondary N) is 4. The van der Waals surface area contributed by atoms with E-state index in [-0.39, 0.29) is 35.0 Å². The maximum Gasteiger partial charge on any atom is 0.247 e. The van der Waals surface area contributed by atoms with E-state index in [0.29, 0.717) is 79.4 Å². The molecule has 0 radical (unpaired) electrons. The van der Waals surface area contributed by atoms with Crippen molar-refractivity contribution in [3.05, 3.63) is 42.7 Å². The first kappa shape index (κ1) is 40.7. The molecular weight excluding hydrogens is 710 g/mol. The van der Waals surface area contributed by atoms with Crippen molar-refractivity contribution in [2.24, 2.45) is 5.41 Å². The Labute approximate surface area is 311 Å². The van der Waals surface area contributed by atoms with E-state index in [1.54, 1.807) is 55.3 Å². The summed E-state index contributed by atoms with van der Waals surface area (Å²) in [5, 5.41) is 12.6. The molecule has 0 aliphatic carbocycles. The first-order chi connectivity index (χ1) is 24.1. The molecule has 1 aromatic heterocycles. The van der Waals surface area contributed by atoms with Gasteiger partial charge >= 0.3 is 0 Å². The number of piperazine rings is 1. The zero-order valence-electron chi connectivity index (χ0n) is 30.7. The van der Waals surface area contributed by atoms with E-state index >= 15 is 0 Å². The lowest BCUT2D eigenvalue weighted by atomic mass is 9.85. The van der Waals surface area contributed by atoms with Crippen molar-refractivity contribution in [2.75, 3.05) is 64.6 Å². The van der Waals surface area contributed by atoms with Gasteiger partial charge in [-0.2, -0.15) is 4.31 Å². The van der Waals surface area contributed by atoms with Gasteiger partial charge in [0.1, 0.15) is 30.0 Å². The second-order valence-electron chi connectivity index (χ2n) is 14.1. The zero-order chi connectivity index (χ0) is 37.1. The third-order valence-electron chi connectivity index (χ3n) is 9.50.